The van der Waals surface area contributed by atoms with Crippen molar-refractivity contribution >= 4 is 23.6 Å². The molecule has 1 N–H and O–H groups in total. The number of rotatable bonds is 2. The number of nitrogens with zero attached hydrogens (tertiary/aromatic N) is 3. The molecule has 1 aliphatic heterocycles. The molecule has 98 valence electrons. The van der Waals surface area contributed by atoms with Crippen molar-refractivity contribution in [3.8, 4) is 0 Å². The number of carbonyl (C=O) groups excluding carboxylic acids is 1. The van der Waals surface area contributed by atoms with Crippen molar-refractivity contribution in [2.45, 2.75) is 18.1 Å². The fourth-order valence-electron chi connectivity index (χ4n) is 1.88. The average molecular weight is 278 g/mol. The third-order valence-electron chi connectivity index (χ3n) is 2.79. The Morgan fingerprint density at radius 1 is 1.42 bits per heavy atom. The summed E-state index contributed by atoms with van der Waals surface area (Å²) in [4.78, 5) is 12.0. The van der Waals surface area contributed by atoms with Gasteiger partial charge in [-0.3, -0.25) is 14.7 Å². The average Bonchev–Trinajstić information content (AvgIpc) is 2.82. The highest BCUT2D eigenvalue weighted by Crippen LogP contribution is 2.25. The summed E-state index contributed by atoms with van der Waals surface area (Å²) in [6.45, 7) is 0.786. The zero-order chi connectivity index (χ0) is 13.2. The Hall–Kier alpha value is -1.89. The van der Waals surface area contributed by atoms with Gasteiger partial charge in [-0.2, -0.15) is 0 Å². The van der Waals surface area contributed by atoms with Crippen LogP contribution in [0.1, 0.15) is 16.8 Å². The van der Waals surface area contributed by atoms with Gasteiger partial charge in [-0.25, -0.2) is 4.39 Å². The van der Waals surface area contributed by atoms with E-state index in [1.165, 1.54) is 18.2 Å². The van der Waals surface area contributed by atoms with Crippen LogP contribution in [0.3, 0.4) is 0 Å². The summed E-state index contributed by atoms with van der Waals surface area (Å²) in [7, 11) is 0. The number of carbonyl (C=O) groups is 1. The molecule has 7 heteroatoms. The Balaban J connectivity index is 1.82. The van der Waals surface area contributed by atoms with E-state index in [1.54, 1.807) is 17.8 Å². The van der Waals surface area contributed by atoms with Gasteiger partial charge < -0.3 is 0 Å². The molecule has 0 atom stereocenters. The van der Waals surface area contributed by atoms with Crippen molar-refractivity contribution in [2.24, 2.45) is 0 Å². The van der Waals surface area contributed by atoms with Crippen molar-refractivity contribution in [1.82, 2.24) is 14.8 Å². The van der Waals surface area contributed by atoms with Crippen molar-refractivity contribution in [2.75, 3.05) is 11.1 Å². The predicted octanol–water partition coefficient (Wildman–Crippen LogP) is 2.17. The van der Waals surface area contributed by atoms with Crippen molar-refractivity contribution in [1.29, 1.82) is 0 Å². The monoisotopic (exact) mass is 278 g/mol. The molecule has 0 fully saturated rings. The van der Waals surface area contributed by atoms with E-state index in [-0.39, 0.29) is 11.5 Å². The Kier molecular flexibility index (Phi) is 3.20. The molecule has 2 heterocycles. The first kappa shape index (κ1) is 12.2. The van der Waals surface area contributed by atoms with E-state index in [0.717, 1.165) is 23.9 Å². The van der Waals surface area contributed by atoms with Gasteiger partial charge in [0.15, 0.2) is 5.16 Å². The molecule has 0 radical (unpaired) electrons. The van der Waals surface area contributed by atoms with E-state index in [1.807, 2.05) is 4.57 Å². The minimum atomic E-state index is -0.438. The Labute approximate surface area is 113 Å². The topological polar surface area (TPSA) is 59.8 Å². The number of fused-ring (bicyclic) bond motifs is 1. The van der Waals surface area contributed by atoms with Crippen LogP contribution in [0, 0.1) is 5.82 Å². The summed E-state index contributed by atoms with van der Waals surface area (Å²) in [5.41, 5.74) is 0.265. The lowest BCUT2D eigenvalue weighted by molar-refractivity contribution is 0.102. The van der Waals surface area contributed by atoms with Gasteiger partial charge in [0.2, 0.25) is 5.95 Å². The van der Waals surface area contributed by atoms with Crippen LogP contribution in [0.4, 0.5) is 10.3 Å². The third-order valence-corrected chi connectivity index (χ3v) is 3.84. The van der Waals surface area contributed by atoms with Gasteiger partial charge in [0.05, 0.1) is 0 Å². The van der Waals surface area contributed by atoms with E-state index >= 15 is 0 Å². The number of nitrogens with one attached hydrogen (secondary N) is 1. The third kappa shape index (κ3) is 2.46. The zero-order valence-corrected chi connectivity index (χ0v) is 10.8. The van der Waals surface area contributed by atoms with Crippen LogP contribution in [-0.4, -0.2) is 26.4 Å². The van der Waals surface area contributed by atoms with Crippen molar-refractivity contribution < 1.29 is 9.18 Å². The standard InChI is InChI=1S/C12H11FN4OS/c13-9-4-1-3-8(7-9)10(18)14-11-15-16-12-17(11)5-2-6-19-12/h1,3-4,7H,2,5-6H2,(H,14,15,18). The minimum Gasteiger partial charge on any atom is -0.290 e. The normalized spacial score (nSPS) is 13.9. The van der Waals surface area contributed by atoms with Crippen LogP contribution >= 0.6 is 11.8 Å². The molecule has 0 unspecified atom stereocenters. The van der Waals surface area contributed by atoms with E-state index in [9.17, 15) is 9.18 Å². The molecule has 2 aromatic rings. The highest BCUT2D eigenvalue weighted by atomic mass is 32.2. The summed E-state index contributed by atoms with van der Waals surface area (Å²) >= 11 is 1.61. The molecular formula is C12H11FN4OS. The Morgan fingerprint density at radius 2 is 2.32 bits per heavy atom. The maximum Gasteiger partial charge on any atom is 0.258 e. The second-order valence-electron chi connectivity index (χ2n) is 4.12. The molecule has 1 aromatic heterocycles. The van der Waals surface area contributed by atoms with Crippen LogP contribution in [-0.2, 0) is 6.54 Å². The number of thioether (sulfide) groups is 1. The molecule has 0 aliphatic carbocycles. The fraction of sp³-hybridized carbons (Fsp3) is 0.250. The number of hydrogen-bond acceptors (Lipinski definition) is 4. The molecule has 0 saturated carbocycles. The van der Waals surface area contributed by atoms with E-state index in [4.69, 9.17) is 0 Å². The van der Waals surface area contributed by atoms with Crippen molar-refractivity contribution in [3.05, 3.63) is 35.6 Å². The summed E-state index contributed by atoms with van der Waals surface area (Å²) in [6.07, 6.45) is 1.01. The molecule has 1 aliphatic rings. The largest absolute Gasteiger partial charge is 0.290 e. The van der Waals surface area contributed by atoms with Gasteiger partial charge in [-0.1, -0.05) is 17.8 Å². The van der Waals surface area contributed by atoms with Crippen LogP contribution in [0.25, 0.3) is 0 Å². The number of anilines is 1. The second-order valence-corrected chi connectivity index (χ2v) is 5.19. The number of amides is 1. The van der Waals surface area contributed by atoms with E-state index in [2.05, 4.69) is 15.5 Å². The Morgan fingerprint density at radius 3 is 3.16 bits per heavy atom. The van der Waals surface area contributed by atoms with Crippen LogP contribution in [0.5, 0.6) is 0 Å². The highest BCUT2D eigenvalue weighted by Gasteiger charge is 2.18. The number of aromatic nitrogens is 3. The second kappa shape index (κ2) is 5.00. The Bertz CT molecular complexity index is 628. The van der Waals surface area contributed by atoms with Crippen LogP contribution in [0.15, 0.2) is 29.4 Å². The van der Waals surface area contributed by atoms with Gasteiger partial charge in [0.25, 0.3) is 5.91 Å². The molecule has 19 heavy (non-hydrogen) atoms. The fourth-order valence-corrected chi connectivity index (χ4v) is 2.77. The molecular weight excluding hydrogens is 267 g/mol. The smallest absolute Gasteiger partial charge is 0.258 e. The first-order chi connectivity index (χ1) is 9.24. The maximum absolute atomic E-state index is 13.1. The van der Waals surface area contributed by atoms with Gasteiger partial charge in [-0.15, -0.1) is 10.2 Å². The molecule has 5 nitrogen and oxygen atoms in total. The maximum atomic E-state index is 13.1. The number of benzene rings is 1. The van der Waals surface area contributed by atoms with Gasteiger partial charge in [0.1, 0.15) is 5.82 Å². The lowest BCUT2D eigenvalue weighted by Gasteiger charge is -2.14. The molecule has 1 aromatic carbocycles. The van der Waals surface area contributed by atoms with Gasteiger partial charge in [-0.05, 0) is 24.6 Å². The SMILES string of the molecule is O=C(Nc1nnc2n1CCCS2)c1cccc(F)c1. The lowest BCUT2D eigenvalue weighted by atomic mass is 10.2. The lowest BCUT2D eigenvalue weighted by Crippen LogP contribution is -2.17. The van der Waals surface area contributed by atoms with Gasteiger partial charge in [0, 0.05) is 17.9 Å². The predicted molar refractivity (Wildman–Crippen MR) is 69.7 cm³/mol. The number of hydrogen-bond donors (Lipinski definition) is 1. The molecule has 0 bridgehead atoms. The first-order valence-corrected chi connectivity index (χ1v) is 6.85. The van der Waals surface area contributed by atoms with Gasteiger partial charge >= 0.3 is 0 Å². The van der Waals surface area contributed by atoms with E-state index < -0.39 is 5.82 Å². The summed E-state index contributed by atoms with van der Waals surface area (Å²) < 4.78 is 14.9. The minimum absolute atomic E-state index is 0.265. The quantitative estimate of drug-likeness (QED) is 0.914. The van der Waals surface area contributed by atoms with Crippen LogP contribution in [0.2, 0.25) is 0 Å². The van der Waals surface area contributed by atoms with Crippen molar-refractivity contribution in [3.63, 3.8) is 0 Å². The molecule has 0 saturated heterocycles. The zero-order valence-electron chi connectivity index (χ0n) is 9.97. The molecule has 0 spiro atoms. The summed E-state index contributed by atoms with van der Waals surface area (Å²) in [5, 5.41) is 11.4. The highest BCUT2D eigenvalue weighted by molar-refractivity contribution is 7.99. The van der Waals surface area contributed by atoms with Crippen LogP contribution < -0.4 is 5.32 Å². The molecule has 3 rings (SSSR count). The summed E-state index contributed by atoms with van der Waals surface area (Å²) in [6, 6.07) is 5.55. The first-order valence-electron chi connectivity index (χ1n) is 5.87. The molecule has 1 amide bonds. The number of halogens is 1. The summed E-state index contributed by atoms with van der Waals surface area (Å²) in [5.74, 6) is 0.601. The van der Waals surface area contributed by atoms with E-state index in [0.29, 0.717) is 5.95 Å².